The van der Waals surface area contributed by atoms with E-state index in [1.54, 1.807) is 12.3 Å². The molecule has 0 saturated heterocycles. The zero-order valence-electron chi connectivity index (χ0n) is 17.5. The maximum absolute atomic E-state index is 12.2. The number of alkyl halides is 3. The van der Waals surface area contributed by atoms with E-state index in [0.717, 1.165) is 16.7 Å². The molecule has 8 heteroatoms. The number of amides is 1. The van der Waals surface area contributed by atoms with Crippen molar-refractivity contribution >= 4 is 11.7 Å². The first-order valence-electron chi connectivity index (χ1n) is 9.42. The predicted octanol–water partition coefficient (Wildman–Crippen LogP) is 5.10. The molecule has 164 valence electrons. The first-order valence-corrected chi connectivity index (χ1v) is 9.42. The number of carbonyl (C=O) groups is 1. The Kier molecular flexibility index (Phi) is 8.01. The number of anilines is 1. The Morgan fingerprint density at radius 2 is 1.61 bits per heavy atom. The van der Waals surface area contributed by atoms with Gasteiger partial charge in [-0.1, -0.05) is 36.4 Å². The lowest BCUT2D eigenvalue weighted by Gasteiger charge is -2.11. The molecule has 0 aliphatic carbocycles. The molecule has 0 bridgehead atoms. The molecule has 0 saturated carbocycles. The monoisotopic (exact) mass is 431 g/mol. The average Bonchev–Trinajstić information content (AvgIpc) is 2.69. The summed E-state index contributed by atoms with van der Waals surface area (Å²) in [4.78, 5) is 16.1. The van der Waals surface area contributed by atoms with Crippen molar-refractivity contribution in [2.24, 2.45) is 0 Å². The number of carbonyl (C=O) groups excluding carboxylic acids is 1. The van der Waals surface area contributed by atoms with Crippen LogP contribution in [0.2, 0.25) is 0 Å². The van der Waals surface area contributed by atoms with E-state index in [-0.39, 0.29) is 18.2 Å². The van der Waals surface area contributed by atoms with Gasteiger partial charge in [0.1, 0.15) is 11.6 Å². The number of halogens is 3. The van der Waals surface area contributed by atoms with Gasteiger partial charge in [-0.2, -0.15) is 0 Å². The SMILES string of the molecule is Cc1ccc(N)nc1.Cc1cccc(C)c1C(=O)NCc1ccc(OC(F)(F)F)cc1. The Bertz CT molecular complexity index is 961. The van der Waals surface area contributed by atoms with Gasteiger partial charge in [0.2, 0.25) is 0 Å². The summed E-state index contributed by atoms with van der Waals surface area (Å²) >= 11 is 0. The largest absolute Gasteiger partial charge is 0.573 e. The van der Waals surface area contributed by atoms with Gasteiger partial charge in [-0.25, -0.2) is 4.98 Å². The molecule has 1 heterocycles. The van der Waals surface area contributed by atoms with Crippen molar-refractivity contribution in [1.82, 2.24) is 10.3 Å². The molecule has 0 spiro atoms. The van der Waals surface area contributed by atoms with E-state index >= 15 is 0 Å². The molecule has 31 heavy (non-hydrogen) atoms. The van der Waals surface area contributed by atoms with E-state index in [1.807, 2.05) is 45.0 Å². The number of hydrogen-bond donors (Lipinski definition) is 2. The van der Waals surface area contributed by atoms with Crippen molar-refractivity contribution < 1.29 is 22.7 Å². The third-order valence-corrected chi connectivity index (χ3v) is 4.25. The second kappa shape index (κ2) is 10.5. The molecule has 0 unspecified atom stereocenters. The van der Waals surface area contributed by atoms with Gasteiger partial charge in [-0.3, -0.25) is 4.79 Å². The van der Waals surface area contributed by atoms with E-state index in [9.17, 15) is 18.0 Å². The Morgan fingerprint density at radius 1 is 1.00 bits per heavy atom. The molecule has 0 atom stereocenters. The minimum Gasteiger partial charge on any atom is -0.406 e. The van der Waals surface area contributed by atoms with E-state index in [4.69, 9.17) is 5.73 Å². The molecule has 3 rings (SSSR count). The Hall–Kier alpha value is -3.55. The van der Waals surface area contributed by atoms with Crippen LogP contribution in [0.3, 0.4) is 0 Å². The second-order valence-corrected chi connectivity index (χ2v) is 6.90. The standard InChI is InChI=1S/C17H16F3NO2.C6H8N2/c1-11-4-3-5-12(2)15(11)16(22)21-10-13-6-8-14(9-7-13)23-17(18,19)20;1-5-2-3-6(7)8-4-5/h3-9H,10H2,1-2H3,(H,21,22);2-4H,1H3,(H2,7,8). The smallest absolute Gasteiger partial charge is 0.406 e. The van der Waals surface area contributed by atoms with E-state index in [0.29, 0.717) is 16.9 Å². The van der Waals surface area contributed by atoms with Gasteiger partial charge in [0.05, 0.1) is 0 Å². The topological polar surface area (TPSA) is 77.2 Å². The summed E-state index contributed by atoms with van der Waals surface area (Å²) in [5.74, 6) is 0.0779. The molecular weight excluding hydrogens is 407 g/mol. The van der Waals surface area contributed by atoms with Crippen LogP contribution >= 0.6 is 0 Å². The van der Waals surface area contributed by atoms with Gasteiger partial charge in [0.25, 0.3) is 5.91 Å². The number of rotatable bonds is 4. The van der Waals surface area contributed by atoms with Crippen LogP contribution in [-0.4, -0.2) is 17.3 Å². The minimum atomic E-state index is -4.71. The van der Waals surface area contributed by atoms with Crippen LogP contribution in [0.1, 0.15) is 32.6 Å². The number of ether oxygens (including phenoxy) is 1. The van der Waals surface area contributed by atoms with Gasteiger partial charge in [-0.05, 0) is 61.2 Å². The van der Waals surface area contributed by atoms with Crippen molar-refractivity contribution in [3.63, 3.8) is 0 Å². The summed E-state index contributed by atoms with van der Waals surface area (Å²) in [5, 5.41) is 2.76. The molecule has 3 N–H and O–H groups in total. The Balaban J connectivity index is 0.000000357. The summed E-state index contributed by atoms with van der Waals surface area (Å²) in [6.45, 7) is 5.90. The van der Waals surface area contributed by atoms with E-state index in [2.05, 4.69) is 15.0 Å². The number of hydrogen-bond acceptors (Lipinski definition) is 4. The van der Waals surface area contributed by atoms with Crippen LogP contribution in [0.4, 0.5) is 19.0 Å². The lowest BCUT2D eigenvalue weighted by atomic mass is 10.0. The van der Waals surface area contributed by atoms with Crippen molar-refractivity contribution in [1.29, 1.82) is 0 Å². The normalized spacial score (nSPS) is 10.6. The highest BCUT2D eigenvalue weighted by Gasteiger charge is 2.30. The van der Waals surface area contributed by atoms with Crippen molar-refractivity contribution in [2.75, 3.05) is 5.73 Å². The van der Waals surface area contributed by atoms with Crippen LogP contribution in [0, 0.1) is 20.8 Å². The lowest BCUT2D eigenvalue weighted by molar-refractivity contribution is -0.274. The first-order chi connectivity index (χ1) is 14.5. The van der Waals surface area contributed by atoms with Gasteiger partial charge >= 0.3 is 6.36 Å². The number of nitrogens with zero attached hydrogens (tertiary/aromatic N) is 1. The Morgan fingerprint density at radius 3 is 2.10 bits per heavy atom. The third-order valence-electron chi connectivity index (χ3n) is 4.25. The fourth-order valence-electron chi connectivity index (χ4n) is 2.73. The van der Waals surface area contributed by atoms with Crippen molar-refractivity contribution in [2.45, 2.75) is 33.7 Å². The van der Waals surface area contributed by atoms with Gasteiger partial charge in [0, 0.05) is 18.3 Å². The van der Waals surface area contributed by atoms with Crippen LogP contribution < -0.4 is 15.8 Å². The number of pyridine rings is 1. The highest BCUT2D eigenvalue weighted by molar-refractivity contribution is 5.97. The van der Waals surface area contributed by atoms with Crippen molar-refractivity contribution in [3.05, 3.63) is 88.6 Å². The first kappa shape index (κ1) is 23.7. The number of nitrogens with two attached hydrogens (primary N) is 1. The fraction of sp³-hybridized carbons (Fsp3) is 0.217. The number of aryl methyl sites for hydroxylation is 3. The lowest BCUT2D eigenvalue weighted by Crippen LogP contribution is -2.24. The molecule has 0 aliphatic rings. The summed E-state index contributed by atoms with van der Waals surface area (Å²) in [6.07, 6.45) is -2.96. The molecule has 0 radical (unpaired) electrons. The predicted molar refractivity (Wildman–Crippen MR) is 114 cm³/mol. The van der Waals surface area contributed by atoms with E-state index in [1.165, 1.54) is 24.3 Å². The average molecular weight is 431 g/mol. The molecule has 1 amide bonds. The molecular formula is C23H24F3N3O2. The second-order valence-electron chi connectivity index (χ2n) is 6.90. The molecule has 1 aromatic heterocycles. The van der Waals surface area contributed by atoms with Crippen LogP contribution in [0.25, 0.3) is 0 Å². The Labute approximate surface area is 179 Å². The van der Waals surface area contributed by atoms with Gasteiger partial charge in [0.15, 0.2) is 0 Å². The number of nitrogen functional groups attached to an aromatic ring is 1. The minimum absolute atomic E-state index is 0.212. The summed E-state index contributed by atoms with van der Waals surface area (Å²) < 4.78 is 40.0. The van der Waals surface area contributed by atoms with Gasteiger partial charge in [-0.15, -0.1) is 13.2 Å². The van der Waals surface area contributed by atoms with Crippen molar-refractivity contribution in [3.8, 4) is 5.75 Å². The molecule has 5 nitrogen and oxygen atoms in total. The van der Waals surface area contributed by atoms with E-state index < -0.39 is 6.36 Å². The zero-order valence-corrected chi connectivity index (χ0v) is 17.5. The fourth-order valence-corrected chi connectivity index (χ4v) is 2.73. The molecule has 2 aromatic carbocycles. The summed E-state index contributed by atoms with van der Waals surface area (Å²) in [5.41, 5.74) is 9.49. The quantitative estimate of drug-likeness (QED) is 0.602. The summed E-state index contributed by atoms with van der Waals surface area (Å²) in [7, 11) is 0. The van der Waals surface area contributed by atoms with Gasteiger partial charge < -0.3 is 15.8 Å². The maximum atomic E-state index is 12.2. The third kappa shape index (κ3) is 8.00. The highest BCUT2D eigenvalue weighted by Crippen LogP contribution is 2.22. The molecule has 0 fully saturated rings. The summed E-state index contributed by atoms with van der Waals surface area (Å²) in [6, 6.07) is 14.7. The zero-order chi connectivity index (χ0) is 23.0. The van der Waals surface area contributed by atoms with Crippen LogP contribution in [0.5, 0.6) is 5.75 Å². The molecule has 3 aromatic rings. The molecule has 0 aliphatic heterocycles. The van der Waals surface area contributed by atoms with Crippen LogP contribution in [0.15, 0.2) is 60.8 Å². The van der Waals surface area contributed by atoms with Crippen LogP contribution in [-0.2, 0) is 6.54 Å². The maximum Gasteiger partial charge on any atom is 0.573 e. The highest BCUT2D eigenvalue weighted by atomic mass is 19.4. The number of nitrogens with one attached hydrogen (secondary N) is 1. The number of aromatic nitrogens is 1. The number of benzene rings is 2.